The lowest BCUT2D eigenvalue weighted by Crippen LogP contribution is -2.48. The Hall–Kier alpha value is -1.84. The molecule has 2 aliphatic rings. The van der Waals surface area contributed by atoms with Gasteiger partial charge in [0, 0.05) is 17.7 Å². The zero-order valence-corrected chi connectivity index (χ0v) is 8.91. The number of carbonyl (C=O) groups is 2. The minimum atomic E-state index is -0.546. The molecule has 1 fully saturated rings. The van der Waals surface area contributed by atoms with Gasteiger partial charge in [0.25, 0.3) is 0 Å². The summed E-state index contributed by atoms with van der Waals surface area (Å²) in [7, 11) is 0. The quantitative estimate of drug-likeness (QED) is 0.679. The lowest BCUT2D eigenvalue weighted by molar-refractivity contribution is -0.123. The van der Waals surface area contributed by atoms with Crippen molar-refractivity contribution in [1.29, 1.82) is 0 Å². The summed E-state index contributed by atoms with van der Waals surface area (Å²) in [5.41, 5.74) is 1.25. The molecule has 1 aromatic rings. The fourth-order valence-electron chi connectivity index (χ4n) is 2.69. The second-order valence-electron chi connectivity index (χ2n) is 4.54. The zero-order valence-electron chi connectivity index (χ0n) is 8.91. The maximum absolute atomic E-state index is 11.9. The molecule has 0 saturated carbocycles. The fourth-order valence-corrected chi connectivity index (χ4v) is 2.69. The van der Waals surface area contributed by atoms with Crippen molar-refractivity contribution in [2.45, 2.75) is 18.9 Å². The van der Waals surface area contributed by atoms with E-state index in [0.717, 1.165) is 11.3 Å². The third-order valence-electron chi connectivity index (χ3n) is 3.55. The van der Waals surface area contributed by atoms with E-state index in [1.807, 2.05) is 31.2 Å². The van der Waals surface area contributed by atoms with Crippen LogP contribution >= 0.6 is 0 Å². The molecule has 0 radical (unpaired) electrons. The van der Waals surface area contributed by atoms with Crippen LogP contribution in [0, 0.1) is 5.92 Å². The molecule has 0 bridgehead atoms. The molecule has 2 atom stereocenters. The molecule has 0 spiro atoms. The number of anilines is 1. The number of amides is 2. The van der Waals surface area contributed by atoms with Crippen molar-refractivity contribution >= 4 is 17.5 Å². The number of benzene rings is 1. The minimum Gasteiger partial charge on any atom is -0.346 e. The maximum Gasteiger partial charge on any atom is 0.230 e. The van der Waals surface area contributed by atoms with Crippen molar-refractivity contribution in [3.8, 4) is 0 Å². The average molecular weight is 216 g/mol. The largest absolute Gasteiger partial charge is 0.346 e. The summed E-state index contributed by atoms with van der Waals surface area (Å²) in [5.74, 6) is -0.422. The van der Waals surface area contributed by atoms with Crippen LogP contribution in [0.25, 0.3) is 0 Å². The van der Waals surface area contributed by atoms with Crippen LogP contribution in [-0.4, -0.2) is 11.8 Å². The molecule has 1 aromatic carbocycles. The van der Waals surface area contributed by atoms with Gasteiger partial charge >= 0.3 is 0 Å². The van der Waals surface area contributed by atoms with Crippen molar-refractivity contribution in [3.63, 3.8) is 0 Å². The van der Waals surface area contributed by atoms with Gasteiger partial charge in [0.15, 0.2) is 0 Å². The topological polar surface area (TPSA) is 58.2 Å². The van der Waals surface area contributed by atoms with E-state index in [1.54, 1.807) is 0 Å². The predicted molar refractivity (Wildman–Crippen MR) is 58.7 cm³/mol. The third-order valence-corrected chi connectivity index (χ3v) is 3.55. The Morgan fingerprint density at radius 1 is 1.31 bits per heavy atom. The second kappa shape index (κ2) is 2.84. The van der Waals surface area contributed by atoms with Gasteiger partial charge in [-0.25, -0.2) is 0 Å². The Kier molecular flexibility index (Phi) is 1.67. The van der Waals surface area contributed by atoms with Gasteiger partial charge in [-0.2, -0.15) is 0 Å². The second-order valence-corrected chi connectivity index (χ2v) is 4.54. The molecule has 0 aromatic heterocycles. The van der Waals surface area contributed by atoms with E-state index in [0.29, 0.717) is 0 Å². The van der Waals surface area contributed by atoms with Gasteiger partial charge < -0.3 is 10.6 Å². The highest BCUT2D eigenvalue weighted by molar-refractivity contribution is 6.02. The molecule has 0 aliphatic carbocycles. The fraction of sp³-hybridized carbons (Fsp3) is 0.333. The average Bonchev–Trinajstić information content (AvgIpc) is 2.56. The van der Waals surface area contributed by atoms with Crippen LogP contribution in [0.3, 0.4) is 0 Å². The minimum absolute atomic E-state index is 0.0562. The van der Waals surface area contributed by atoms with Crippen LogP contribution < -0.4 is 10.6 Å². The number of hydrogen-bond donors (Lipinski definition) is 2. The molecular weight excluding hydrogens is 204 g/mol. The molecule has 4 heteroatoms. The maximum atomic E-state index is 11.9. The van der Waals surface area contributed by atoms with Gasteiger partial charge in [0.1, 0.15) is 0 Å². The zero-order chi connectivity index (χ0) is 11.3. The van der Waals surface area contributed by atoms with Crippen molar-refractivity contribution < 1.29 is 9.59 Å². The summed E-state index contributed by atoms with van der Waals surface area (Å²) in [6.07, 6.45) is 0.274. The first-order chi connectivity index (χ1) is 7.61. The van der Waals surface area contributed by atoms with E-state index in [-0.39, 0.29) is 24.2 Å². The molecule has 0 unspecified atom stereocenters. The number of fused-ring (bicyclic) bond motifs is 3. The van der Waals surface area contributed by atoms with Crippen LogP contribution in [0.15, 0.2) is 24.3 Å². The summed E-state index contributed by atoms with van der Waals surface area (Å²) in [6.45, 7) is 1.92. The highest BCUT2D eigenvalue weighted by Crippen LogP contribution is 2.43. The molecule has 3 rings (SSSR count). The summed E-state index contributed by atoms with van der Waals surface area (Å²) < 4.78 is 0. The van der Waals surface area contributed by atoms with Gasteiger partial charge in [-0.1, -0.05) is 18.2 Å². The lowest BCUT2D eigenvalue weighted by atomic mass is 9.77. The summed E-state index contributed by atoms with van der Waals surface area (Å²) >= 11 is 0. The molecule has 16 heavy (non-hydrogen) atoms. The Bertz CT molecular complexity index is 498. The highest BCUT2D eigenvalue weighted by Gasteiger charge is 2.51. The van der Waals surface area contributed by atoms with E-state index >= 15 is 0 Å². The monoisotopic (exact) mass is 216 g/mol. The van der Waals surface area contributed by atoms with E-state index in [4.69, 9.17) is 0 Å². The number of carbonyl (C=O) groups excluding carboxylic acids is 2. The Labute approximate surface area is 93.0 Å². The third kappa shape index (κ3) is 1.04. The van der Waals surface area contributed by atoms with Gasteiger partial charge in [-0.3, -0.25) is 9.59 Å². The number of para-hydroxylation sites is 1. The molecule has 2 heterocycles. The summed E-state index contributed by atoms with van der Waals surface area (Å²) in [5, 5.41) is 5.76. The highest BCUT2D eigenvalue weighted by atomic mass is 16.2. The SMILES string of the molecule is C[C@]12NC(=O)C[C@H]1C(=O)Nc1ccccc12. The van der Waals surface area contributed by atoms with Crippen LogP contribution in [0.2, 0.25) is 0 Å². The van der Waals surface area contributed by atoms with Gasteiger partial charge in [-0.15, -0.1) is 0 Å². The molecule has 2 aliphatic heterocycles. The first-order valence-corrected chi connectivity index (χ1v) is 5.32. The summed E-state index contributed by atoms with van der Waals surface area (Å²) in [6, 6.07) is 7.61. The molecule has 82 valence electrons. The van der Waals surface area contributed by atoms with Gasteiger partial charge in [0.05, 0.1) is 11.5 Å². The molecule has 1 saturated heterocycles. The standard InChI is InChI=1S/C12H12N2O2/c1-12-7-4-2-3-5-9(7)13-11(16)8(12)6-10(15)14-12/h2-5,8H,6H2,1H3,(H,13,16)(H,14,15)/t8-,12+/m0/s1. The van der Waals surface area contributed by atoms with Crippen molar-refractivity contribution in [3.05, 3.63) is 29.8 Å². The summed E-state index contributed by atoms with van der Waals surface area (Å²) in [4.78, 5) is 23.4. The first kappa shape index (κ1) is 9.39. The van der Waals surface area contributed by atoms with Crippen molar-refractivity contribution in [2.24, 2.45) is 5.92 Å². The van der Waals surface area contributed by atoms with E-state index in [9.17, 15) is 9.59 Å². The number of rotatable bonds is 0. The van der Waals surface area contributed by atoms with Crippen LogP contribution in [0.1, 0.15) is 18.9 Å². The smallest absolute Gasteiger partial charge is 0.230 e. The van der Waals surface area contributed by atoms with Crippen molar-refractivity contribution in [1.82, 2.24) is 5.32 Å². The van der Waals surface area contributed by atoms with Crippen LogP contribution in [0.5, 0.6) is 0 Å². The van der Waals surface area contributed by atoms with E-state index in [2.05, 4.69) is 10.6 Å². The predicted octanol–water partition coefficient (Wildman–Crippen LogP) is 0.990. The number of hydrogen-bond acceptors (Lipinski definition) is 2. The Balaban J connectivity index is 2.21. The molecular formula is C12H12N2O2. The van der Waals surface area contributed by atoms with Crippen molar-refractivity contribution in [2.75, 3.05) is 5.32 Å². The first-order valence-electron chi connectivity index (χ1n) is 5.32. The van der Waals surface area contributed by atoms with Crippen LogP contribution in [0.4, 0.5) is 5.69 Å². The Morgan fingerprint density at radius 3 is 2.88 bits per heavy atom. The van der Waals surface area contributed by atoms with E-state index < -0.39 is 5.54 Å². The Morgan fingerprint density at radius 2 is 2.06 bits per heavy atom. The molecule has 2 amide bonds. The lowest BCUT2D eigenvalue weighted by Gasteiger charge is -2.36. The van der Waals surface area contributed by atoms with Gasteiger partial charge in [-0.05, 0) is 13.0 Å². The van der Waals surface area contributed by atoms with E-state index in [1.165, 1.54) is 0 Å². The molecule has 2 N–H and O–H groups in total. The van der Waals surface area contributed by atoms with Gasteiger partial charge in [0.2, 0.25) is 11.8 Å². The van der Waals surface area contributed by atoms with Crippen LogP contribution in [-0.2, 0) is 15.1 Å². The number of nitrogens with one attached hydrogen (secondary N) is 2. The molecule has 4 nitrogen and oxygen atoms in total. The normalized spacial score (nSPS) is 31.4.